The summed E-state index contributed by atoms with van der Waals surface area (Å²) >= 11 is 0. The zero-order valence-corrected chi connectivity index (χ0v) is 13.2. The summed E-state index contributed by atoms with van der Waals surface area (Å²) in [4.78, 5) is 28.3. The van der Waals surface area contributed by atoms with Gasteiger partial charge in [0.15, 0.2) is 0 Å². The molecule has 21 heavy (non-hydrogen) atoms. The van der Waals surface area contributed by atoms with Crippen LogP contribution in [0, 0.1) is 13.8 Å². The second kappa shape index (κ2) is 6.74. The average Bonchev–Trinajstić information content (AvgIpc) is 2.61. The fourth-order valence-corrected chi connectivity index (χ4v) is 2.86. The number of benzene rings is 1. The Labute approximate surface area is 126 Å². The Balaban J connectivity index is 2.11. The summed E-state index contributed by atoms with van der Waals surface area (Å²) in [6.45, 7) is 8.63. The Kier molecular flexibility index (Phi) is 4.99. The number of hydrogen-bond donors (Lipinski definition) is 0. The van der Waals surface area contributed by atoms with Crippen molar-refractivity contribution in [3.05, 3.63) is 34.9 Å². The first-order valence-electron chi connectivity index (χ1n) is 7.66. The molecule has 1 saturated heterocycles. The van der Waals surface area contributed by atoms with Gasteiger partial charge >= 0.3 is 0 Å². The van der Waals surface area contributed by atoms with Crippen molar-refractivity contribution in [3.63, 3.8) is 0 Å². The molecule has 0 radical (unpaired) electrons. The van der Waals surface area contributed by atoms with E-state index in [4.69, 9.17) is 0 Å². The lowest BCUT2D eigenvalue weighted by atomic mass is 10.1. The Morgan fingerprint density at radius 1 is 1.10 bits per heavy atom. The molecule has 1 aromatic carbocycles. The number of rotatable bonds is 3. The molecular formula is C17H24N2O2. The average molecular weight is 288 g/mol. The van der Waals surface area contributed by atoms with Crippen LogP contribution in [0.15, 0.2) is 18.2 Å². The van der Waals surface area contributed by atoms with E-state index in [1.165, 1.54) is 0 Å². The summed E-state index contributed by atoms with van der Waals surface area (Å²) < 4.78 is 0. The number of amides is 2. The normalized spacial score (nSPS) is 16.0. The molecule has 4 nitrogen and oxygen atoms in total. The van der Waals surface area contributed by atoms with Crippen LogP contribution in [0.25, 0.3) is 0 Å². The van der Waals surface area contributed by atoms with E-state index in [-0.39, 0.29) is 11.8 Å². The highest BCUT2D eigenvalue weighted by atomic mass is 16.2. The summed E-state index contributed by atoms with van der Waals surface area (Å²) in [6, 6.07) is 5.91. The maximum Gasteiger partial charge on any atom is 0.253 e. The molecule has 2 amide bonds. The first-order chi connectivity index (χ1) is 10.0. The van der Waals surface area contributed by atoms with Gasteiger partial charge in [-0.05, 0) is 32.4 Å². The van der Waals surface area contributed by atoms with Gasteiger partial charge in [0.2, 0.25) is 5.91 Å². The lowest BCUT2D eigenvalue weighted by Gasteiger charge is -2.22. The van der Waals surface area contributed by atoms with Gasteiger partial charge in [-0.3, -0.25) is 9.59 Å². The Morgan fingerprint density at radius 3 is 2.38 bits per heavy atom. The van der Waals surface area contributed by atoms with Crippen LogP contribution >= 0.6 is 0 Å². The highest BCUT2D eigenvalue weighted by Crippen LogP contribution is 2.14. The fraction of sp³-hybridized carbons (Fsp3) is 0.529. The minimum atomic E-state index is 0.0351. The number of nitrogens with zero attached hydrogens (tertiary/aromatic N) is 2. The SMILES string of the molecule is CCCN1CCN(C(=O)c2cc(C)cc(C)c2)CCC1=O. The van der Waals surface area contributed by atoms with E-state index in [1.807, 2.05) is 35.8 Å². The molecule has 0 saturated carbocycles. The minimum absolute atomic E-state index is 0.0351. The van der Waals surface area contributed by atoms with Crippen molar-refractivity contribution < 1.29 is 9.59 Å². The lowest BCUT2D eigenvalue weighted by Crippen LogP contribution is -2.36. The molecule has 1 aliphatic heterocycles. The number of carbonyl (C=O) groups excluding carboxylic acids is 2. The van der Waals surface area contributed by atoms with Crippen LogP contribution in [0.5, 0.6) is 0 Å². The molecule has 114 valence electrons. The molecule has 0 N–H and O–H groups in total. The summed E-state index contributed by atoms with van der Waals surface area (Å²) in [7, 11) is 0. The summed E-state index contributed by atoms with van der Waals surface area (Å²) in [5, 5.41) is 0. The predicted octanol–water partition coefficient (Wildman–Crippen LogP) is 2.39. The van der Waals surface area contributed by atoms with E-state index in [0.29, 0.717) is 26.1 Å². The van der Waals surface area contributed by atoms with E-state index in [1.54, 1.807) is 0 Å². The highest BCUT2D eigenvalue weighted by Gasteiger charge is 2.24. The van der Waals surface area contributed by atoms with Gasteiger partial charge in [-0.2, -0.15) is 0 Å². The van der Waals surface area contributed by atoms with Gasteiger partial charge in [-0.1, -0.05) is 24.1 Å². The first-order valence-corrected chi connectivity index (χ1v) is 7.66. The molecule has 1 aliphatic rings. The van der Waals surface area contributed by atoms with Crippen molar-refractivity contribution in [2.24, 2.45) is 0 Å². The van der Waals surface area contributed by atoms with Crippen LogP contribution in [0.3, 0.4) is 0 Å². The largest absolute Gasteiger partial charge is 0.341 e. The van der Waals surface area contributed by atoms with Gasteiger partial charge < -0.3 is 9.80 Å². The molecule has 0 aromatic heterocycles. The van der Waals surface area contributed by atoms with Crippen LogP contribution in [0.1, 0.15) is 41.3 Å². The Hall–Kier alpha value is -1.84. The third-order valence-electron chi connectivity index (χ3n) is 3.84. The highest BCUT2D eigenvalue weighted by molar-refractivity contribution is 5.95. The first kappa shape index (κ1) is 15.5. The van der Waals surface area contributed by atoms with E-state index in [9.17, 15) is 9.59 Å². The maximum absolute atomic E-state index is 12.6. The molecule has 0 aliphatic carbocycles. The van der Waals surface area contributed by atoms with Gasteiger partial charge in [-0.15, -0.1) is 0 Å². The standard InChI is InChI=1S/C17H24N2O2/c1-4-6-18-8-9-19(7-5-16(18)20)17(21)15-11-13(2)10-14(3)12-15/h10-12H,4-9H2,1-3H3. The second-order valence-corrected chi connectivity index (χ2v) is 5.80. The quantitative estimate of drug-likeness (QED) is 0.857. The van der Waals surface area contributed by atoms with Crippen molar-refractivity contribution in [2.75, 3.05) is 26.2 Å². The van der Waals surface area contributed by atoms with Crippen molar-refractivity contribution in [2.45, 2.75) is 33.6 Å². The van der Waals surface area contributed by atoms with Gasteiger partial charge in [0.25, 0.3) is 5.91 Å². The molecule has 1 heterocycles. The maximum atomic E-state index is 12.6. The van der Waals surface area contributed by atoms with Crippen LogP contribution in [-0.2, 0) is 4.79 Å². The number of hydrogen-bond acceptors (Lipinski definition) is 2. The molecule has 2 rings (SSSR count). The Bertz CT molecular complexity index is 519. The van der Waals surface area contributed by atoms with Crippen LogP contribution < -0.4 is 0 Å². The monoisotopic (exact) mass is 288 g/mol. The van der Waals surface area contributed by atoms with Crippen LogP contribution in [-0.4, -0.2) is 47.8 Å². The molecule has 1 aromatic rings. The van der Waals surface area contributed by atoms with E-state index >= 15 is 0 Å². The van der Waals surface area contributed by atoms with Gasteiger partial charge in [0.05, 0.1) is 0 Å². The van der Waals surface area contributed by atoms with Crippen molar-refractivity contribution >= 4 is 11.8 Å². The third kappa shape index (κ3) is 3.84. The molecule has 0 bridgehead atoms. The van der Waals surface area contributed by atoms with Gasteiger partial charge in [-0.25, -0.2) is 0 Å². The molecule has 0 unspecified atom stereocenters. The van der Waals surface area contributed by atoms with Crippen LogP contribution in [0.2, 0.25) is 0 Å². The minimum Gasteiger partial charge on any atom is -0.341 e. The Morgan fingerprint density at radius 2 is 1.76 bits per heavy atom. The van der Waals surface area contributed by atoms with E-state index in [2.05, 4.69) is 13.0 Å². The molecule has 0 atom stereocenters. The summed E-state index contributed by atoms with van der Waals surface area (Å²) in [5.41, 5.74) is 2.91. The van der Waals surface area contributed by atoms with Crippen molar-refractivity contribution in [1.82, 2.24) is 9.80 Å². The van der Waals surface area contributed by atoms with Gasteiger partial charge in [0, 0.05) is 38.2 Å². The summed E-state index contributed by atoms with van der Waals surface area (Å²) in [6.07, 6.45) is 1.38. The molecule has 1 fully saturated rings. The lowest BCUT2D eigenvalue weighted by molar-refractivity contribution is -0.130. The molecule has 4 heteroatoms. The fourth-order valence-electron chi connectivity index (χ4n) is 2.86. The topological polar surface area (TPSA) is 40.6 Å². The zero-order chi connectivity index (χ0) is 15.4. The number of aryl methyl sites for hydroxylation is 2. The summed E-state index contributed by atoms with van der Waals surface area (Å²) in [5.74, 6) is 0.195. The molecule has 0 spiro atoms. The third-order valence-corrected chi connectivity index (χ3v) is 3.84. The van der Waals surface area contributed by atoms with Crippen molar-refractivity contribution in [1.29, 1.82) is 0 Å². The van der Waals surface area contributed by atoms with Gasteiger partial charge in [0.1, 0.15) is 0 Å². The van der Waals surface area contributed by atoms with Crippen molar-refractivity contribution in [3.8, 4) is 0 Å². The van der Waals surface area contributed by atoms with E-state index in [0.717, 1.165) is 29.7 Å². The second-order valence-electron chi connectivity index (χ2n) is 5.80. The molecular weight excluding hydrogens is 264 g/mol. The predicted molar refractivity (Wildman–Crippen MR) is 83.3 cm³/mol. The zero-order valence-electron chi connectivity index (χ0n) is 13.2. The van der Waals surface area contributed by atoms with E-state index < -0.39 is 0 Å². The smallest absolute Gasteiger partial charge is 0.253 e. The number of carbonyl (C=O) groups is 2. The van der Waals surface area contributed by atoms with Crippen LogP contribution in [0.4, 0.5) is 0 Å².